The number of rotatable bonds is 2. The van der Waals surface area contributed by atoms with Crippen LogP contribution < -0.4 is 10.6 Å². The predicted molar refractivity (Wildman–Crippen MR) is 92.9 cm³/mol. The molecule has 0 bridgehead atoms. The highest BCUT2D eigenvalue weighted by Crippen LogP contribution is 2.45. The third-order valence-electron chi connectivity index (χ3n) is 5.16. The minimum atomic E-state index is -0.471. The van der Waals surface area contributed by atoms with Gasteiger partial charge in [0.05, 0.1) is 5.69 Å². The van der Waals surface area contributed by atoms with Crippen molar-refractivity contribution in [1.29, 1.82) is 0 Å². The van der Waals surface area contributed by atoms with Gasteiger partial charge in [-0.1, -0.05) is 25.0 Å². The van der Waals surface area contributed by atoms with Crippen LogP contribution in [0.4, 0.5) is 10.5 Å². The molecule has 1 aliphatic carbocycles. The first-order valence-corrected chi connectivity index (χ1v) is 8.69. The summed E-state index contributed by atoms with van der Waals surface area (Å²) in [4.78, 5) is 14.3. The maximum absolute atomic E-state index is 12.5. The Morgan fingerprint density at radius 3 is 2.61 bits per heavy atom. The molecule has 4 nitrogen and oxygen atoms in total. The molecule has 1 aromatic rings. The van der Waals surface area contributed by atoms with E-state index in [0.29, 0.717) is 13.1 Å². The average molecular weight is 316 g/mol. The van der Waals surface area contributed by atoms with Gasteiger partial charge in [0, 0.05) is 18.5 Å². The Bertz CT molecular complexity index is 598. The first-order chi connectivity index (χ1) is 10.9. The molecule has 0 atom stereocenters. The number of anilines is 1. The van der Waals surface area contributed by atoms with Crippen LogP contribution in [0, 0.1) is 0 Å². The first-order valence-electron chi connectivity index (χ1n) is 8.69. The Kier molecular flexibility index (Phi) is 4.13. The van der Waals surface area contributed by atoms with Gasteiger partial charge in [0.1, 0.15) is 5.60 Å². The van der Waals surface area contributed by atoms with Gasteiger partial charge >= 0.3 is 6.09 Å². The number of carbonyl (C=O) groups is 1. The third-order valence-corrected chi connectivity index (χ3v) is 5.16. The second kappa shape index (κ2) is 5.82. The molecule has 1 saturated carbocycles. The van der Waals surface area contributed by atoms with E-state index < -0.39 is 5.60 Å². The zero-order chi connectivity index (χ0) is 16.7. The molecule has 1 fully saturated rings. The van der Waals surface area contributed by atoms with E-state index in [0.717, 1.165) is 24.9 Å². The molecule has 0 unspecified atom stereocenters. The van der Waals surface area contributed by atoms with Crippen molar-refractivity contribution in [2.75, 3.05) is 18.0 Å². The summed E-state index contributed by atoms with van der Waals surface area (Å²) in [7, 11) is 0. The van der Waals surface area contributed by atoms with E-state index in [1.165, 1.54) is 24.0 Å². The van der Waals surface area contributed by atoms with Crippen LogP contribution in [0.2, 0.25) is 0 Å². The van der Waals surface area contributed by atoms with Crippen LogP contribution in [0.1, 0.15) is 57.6 Å². The standard InChI is InChI=1S/C19H28N2O2/c1-18(2,3)23-17(22)21-12-9-14-15(7-6-8-16(14)21)19(13-20)10-4-5-11-19/h6-8H,4-5,9-13,20H2,1-3H3. The molecule has 1 aromatic carbocycles. The number of nitrogens with zero attached hydrogens (tertiary/aromatic N) is 1. The zero-order valence-electron chi connectivity index (χ0n) is 14.5. The first kappa shape index (κ1) is 16.3. The number of fused-ring (bicyclic) bond motifs is 1. The monoisotopic (exact) mass is 316 g/mol. The van der Waals surface area contributed by atoms with Crippen LogP contribution >= 0.6 is 0 Å². The molecule has 1 aliphatic heterocycles. The van der Waals surface area contributed by atoms with Gasteiger partial charge < -0.3 is 10.5 Å². The number of amides is 1. The molecular weight excluding hydrogens is 288 g/mol. The van der Waals surface area contributed by atoms with Crippen LogP contribution in [0.15, 0.2) is 18.2 Å². The van der Waals surface area contributed by atoms with Crippen LogP contribution in [0.3, 0.4) is 0 Å². The van der Waals surface area contributed by atoms with E-state index >= 15 is 0 Å². The fourth-order valence-electron chi connectivity index (χ4n) is 4.07. The van der Waals surface area contributed by atoms with E-state index in [1.807, 2.05) is 26.8 Å². The number of nitrogens with two attached hydrogens (primary N) is 1. The summed E-state index contributed by atoms with van der Waals surface area (Å²) in [5.41, 5.74) is 9.47. The lowest BCUT2D eigenvalue weighted by Gasteiger charge is -2.30. The SMILES string of the molecule is CC(C)(C)OC(=O)N1CCc2c1cccc2C1(CN)CCCC1. The fourth-order valence-corrected chi connectivity index (χ4v) is 4.07. The van der Waals surface area contributed by atoms with E-state index in [4.69, 9.17) is 10.5 Å². The average Bonchev–Trinajstić information content (AvgIpc) is 3.12. The van der Waals surface area contributed by atoms with Gasteiger partial charge in [-0.05, 0) is 57.2 Å². The number of ether oxygens (including phenoxy) is 1. The van der Waals surface area contributed by atoms with Crippen LogP contribution in [0.5, 0.6) is 0 Å². The summed E-state index contributed by atoms with van der Waals surface area (Å²) < 4.78 is 5.56. The second-order valence-corrected chi connectivity index (χ2v) is 7.88. The minimum absolute atomic E-state index is 0.106. The van der Waals surface area contributed by atoms with Gasteiger partial charge in [0.15, 0.2) is 0 Å². The van der Waals surface area contributed by atoms with Gasteiger partial charge in [0.2, 0.25) is 0 Å². The van der Waals surface area contributed by atoms with Gasteiger partial charge in [-0.3, -0.25) is 4.90 Å². The van der Waals surface area contributed by atoms with Crippen molar-refractivity contribution in [3.8, 4) is 0 Å². The summed E-state index contributed by atoms with van der Waals surface area (Å²) in [5.74, 6) is 0. The van der Waals surface area contributed by atoms with Crippen LogP contribution in [0.25, 0.3) is 0 Å². The van der Waals surface area contributed by atoms with E-state index in [1.54, 1.807) is 4.90 Å². The Labute approximate surface area is 139 Å². The Hall–Kier alpha value is -1.55. The Morgan fingerprint density at radius 2 is 2.00 bits per heavy atom. The summed E-state index contributed by atoms with van der Waals surface area (Å²) in [6, 6.07) is 6.32. The lowest BCUT2D eigenvalue weighted by Crippen LogP contribution is -2.35. The normalized spacial score (nSPS) is 19.7. The van der Waals surface area contributed by atoms with Crippen molar-refractivity contribution < 1.29 is 9.53 Å². The molecule has 0 saturated heterocycles. The van der Waals surface area contributed by atoms with Crippen molar-refractivity contribution in [3.05, 3.63) is 29.3 Å². The third kappa shape index (κ3) is 2.97. The second-order valence-electron chi connectivity index (χ2n) is 7.88. The van der Waals surface area contributed by atoms with Gasteiger partial charge in [0.25, 0.3) is 0 Å². The molecule has 2 N–H and O–H groups in total. The molecule has 2 aliphatic rings. The topological polar surface area (TPSA) is 55.6 Å². The summed E-state index contributed by atoms with van der Waals surface area (Å²) >= 11 is 0. The Morgan fingerprint density at radius 1 is 1.30 bits per heavy atom. The van der Waals surface area contributed by atoms with Gasteiger partial charge in [-0.2, -0.15) is 0 Å². The molecule has 23 heavy (non-hydrogen) atoms. The van der Waals surface area contributed by atoms with Crippen LogP contribution in [-0.2, 0) is 16.6 Å². The van der Waals surface area contributed by atoms with Crippen molar-refractivity contribution >= 4 is 11.8 Å². The number of carbonyl (C=O) groups excluding carboxylic acids is 1. The largest absolute Gasteiger partial charge is 0.443 e. The molecule has 4 heteroatoms. The molecule has 1 heterocycles. The molecule has 1 amide bonds. The molecule has 0 aromatic heterocycles. The smallest absolute Gasteiger partial charge is 0.414 e. The molecule has 126 valence electrons. The lowest BCUT2D eigenvalue weighted by atomic mass is 9.76. The molecule has 0 radical (unpaired) electrons. The summed E-state index contributed by atoms with van der Waals surface area (Å²) in [6.45, 7) is 7.10. The van der Waals surface area contributed by atoms with E-state index in [-0.39, 0.29) is 11.5 Å². The number of benzene rings is 1. The van der Waals surface area contributed by atoms with Crippen LogP contribution in [-0.4, -0.2) is 24.8 Å². The van der Waals surface area contributed by atoms with Gasteiger partial charge in [-0.15, -0.1) is 0 Å². The predicted octanol–water partition coefficient (Wildman–Crippen LogP) is 3.75. The highest BCUT2D eigenvalue weighted by Gasteiger charge is 2.39. The van der Waals surface area contributed by atoms with Crippen molar-refractivity contribution in [1.82, 2.24) is 0 Å². The molecular formula is C19H28N2O2. The maximum atomic E-state index is 12.5. The number of hydrogen-bond acceptors (Lipinski definition) is 3. The summed E-state index contributed by atoms with van der Waals surface area (Å²) in [5, 5.41) is 0. The molecule has 0 spiro atoms. The highest BCUT2D eigenvalue weighted by molar-refractivity contribution is 5.91. The lowest BCUT2D eigenvalue weighted by molar-refractivity contribution is 0.0584. The van der Waals surface area contributed by atoms with Crippen molar-refractivity contribution in [2.24, 2.45) is 5.73 Å². The van der Waals surface area contributed by atoms with Crippen molar-refractivity contribution in [2.45, 2.75) is 63.9 Å². The highest BCUT2D eigenvalue weighted by atomic mass is 16.6. The quantitative estimate of drug-likeness (QED) is 0.904. The maximum Gasteiger partial charge on any atom is 0.414 e. The van der Waals surface area contributed by atoms with Crippen molar-refractivity contribution in [3.63, 3.8) is 0 Å². The van der Waals surface area contributed by atoms with E-state index in [2.05, 4.69) is 12.1 Å². The zero-order valence-corrected chi connectivity index (χ0v) is 14.5. The van der Waals surface area contributed by atoms with E-state index in [9.17, 15) is 4.79 Å². The Balaban J connectivity index is 1.93. The summed E-state index contributed by atoms with van der Waals surface area (Å²) in [6.07, 6.45) is 5.46. The number of hydrogen-bond donors (Lipinski definition) is 1. The fraction of sp³-hybridized carbons (Fsp3) is 0.632. The van der Waals surface area contributed by atoms with Gasteiger partial charge in [-0.25, -0.2) is 4.79 Å². The minimum Gasteiger partial charge on any atom is -0.443 e. The molecule has 3 rings (SSSR count).